The van der Waals surface area contributed by atoms with Crippen molar-refractivity contribution in [3.05, 3.63) is 71.6 Å². The summed E-state index contributed by atoms with van der Waals surface area (Å²) in [5.74, 6) is -2.38. The highest BCUT2D eigenvalue weighted by Crippen LogP contribution is 2.36. The van der Waals surface area contributed by atoms with E-state index >= 15 is 0 Å². The molecule has 0 fully saturated rings. The third-order valence-electron chi connectivity index (χ3n) is 3.38. The Kier molecular flexibility index (Phi) is 2.83. The highest BCUT2D eigenvalue weighted by molar-refractivity contribution is 6.22. The number of amides is 1. The third kappa shape index (κ3) is 1.90. The van der Waals surface area contributed by atoms with Crippen LogP contribution in [0.3, 0.4) is 0 Å². The second-order valence-corrected chi connectivity index (χ2v) is 4.60. The number of anilines is 1. The number of benzene rings is 2. The first kappa shape index (κ1) is 13.1. The Morgan fingerprint density at radius 1 is 1.14 bits per heavy atom. The van der Waals surface area contributed by atoms with Gasteiger partial charge in [0.15, 0.2) is 0 Å². The molecule has 5 heteroatoms. The molecule has 0 saturated heterocycles. The Hall–Kier alpha value is -2.95. The van der Waals surface area contributed by atoms with E-state index in [0.29, 0.717) is 16.8 Å². The van der Waals surface area contributed by atoms with Crippen molar-refractivity contribution in [3.8, 4) is 0 Å². The molecule has 104 valence electrons. The normalized spacial score (nSPS) is 13.5. The number of carboxylic acid groups (broad SMARTS) is 1. The first-order chi connectivity index (χ1) is 10.0. The average molecular weight is 283 g/mol. The van der Waals surface area contributed by atoms with Crippen molar-refractivity contribution in [3.63, 3.8) is 0 Å². The van der Waals surface area contributed by atoms with Gasteiger partial charge in [-0.15, -0.1) is 0 Å². The first-order valence-corrected chi connectivity index (χ1v) is 6.16. The number of halogens is 1. The molecule has 4 nitrogen and oxygen atoms in total. The topological polar surface area (TPSA) is 57.6 Å². The number of carbonyl (C=O) groups excluding carboxylic acids is 1. The second kappa shape index (κ2) is 4.56. The molecule has 0 aliphatic carbocycles. The van der Waals surface area contributed by atoms with Crippen LogP contribution in [0.2, 0.25) is 0 Å². The van der Waals surface area contributed by atoms with E-state index in [1.54, 1.807) is 24.3 Å². The average Bonchev–Trinajstić information content (AvgIpc) is 2.72. The molecule has 0 unspecified atom stereocenters. The lowest BCUT2D eigenvalue weighted by Gasteiger charge is -2.18. The van der Waals surface area contributed by atoms with Crippen LogP contribution in [0.1, 0.15) is 26.3 Å². The molecular weight excluding hydrogens is 273 g/mol. The molecule has 3 rings (SSSR count). The number of rotatable bonds is 2. The van der Waals surface area contributed by atoms with Crippen molar-refractivity contribution in [2.45, 2.75) is 0 Å². The van der Waals surface area contributed by atoms with E-state index in [2.05, 4.69) is 6.58 Å². The van der Waals surface area contributed by atoms with Gasteiger partial charge in [-0.05, 0) is 24.3 Å². The summed E-state index contributed by atoms with van der Waals surface area (Å²) in [6.45, 7) is 3.82. The van der Waals surface area contributed by atoms with E-state index < -0.39 is 11.8 Å². The number of hydrogen-bond acceptors (Lipinski definition) is 2. The van der Waals surface area contributed by atoms with Gasteiger partial charge in [-0.25, -0.2) is 9.18 Å². The number of hydrogen-bond donors (Lipinski definition) is 1. The van der Waals surface area contributed by atoms with Crippen molar-refractivity contribution in [1.82, 2.24) is 0 Å². The van der Waals surface area contributed by atoms with Crippen molar-refractivity contribution in [2.24, 2.45) is 0 Å². The molecule has 1 N–H and O–H groups in total. The van der Waals surface area contributed by atoms with Gasteiger partial charge in [-0.1, -0.05) is 24.8 Å². The van der Waals surface area contributed by atoms with Gasteiger partial charge in [-0.2, -0.15) is 0 Å². The molecule has 1 amide bonds. The summed E-state index contributed by atoms with van der Waals surface area (Å²) >= 11 is 0. The Balaban J connectivity index is 2.09. The maximum absolute atomic E-state index is 14.1. The van der Waals surface area contributed by atoms with Gasteiger partial charge in [0, 0.05) is 11.1 Å². The van der Waals surface area contributed by atoms with Crippen LogP contribution >= 0.6 is 0 Å². The van der Waals surface area contributed by atoms with Gasteiger partial charge < -0.3 is 5.11 Å². The highest BCUT2D eigenvalue weighted by Gasteiger charge is 2.33. The lowest BCUT2D eigenvalue weighted by Crippen LogP contribution is -2.23. The van der Waals surface area contributed by atoms with Crippen molar-refractivity contribution >= 4 is 23.3 Å². The fraction of sp³-hybridized carbons (Fsp3) is 0. The Morgan fingerprint density at radius 2 is 1.81 bits per heavy atom. The molecule has 0 radical (unpaired) electrons. The van der Waals surface area contributed by atoms with Gasteiger partial charge in [0.05, 0.1) is 16.9 Å². The summed E-state index contributed by atoms with van der Waals surface area (Å²) in [5.41, 5.74) is 1.28. The largest absolute Gasteiger partial charge is 0.478 e. The first-order valence-electron chi connectivity index (χ1n) is 6.16. The summed E-state index contributed by atoms with van der Waals surface area (Å²) in [5, 5.41) is 8.85. The van der Waals surface area contributed by atoms with E-state index in [9.17, 15) is 14.0 Å². The number of carboxylic acids is 1. The van der Waals surface area contributed by atoms with Crippen LogP contribution in [0.4, 0.5) is 10.1 Å². The van der Waals surface area contributed by atoms with Crippen LogP contribution in [0.25, 0.3) is 5.70 Å². The summed E-state index contributed by atoms with van der Waals surface area (Å²) in [4.78, 5) is 24.3. The Morgan fingerprint density at radius 3 is 2.38 bits per heavy atom. The Labute approximate surface area is 119 Å². The summed E-state index contributed by atoms with van der Waals surface area (Å²) in [6, 6.07) is 10.3. The summed E-state index contributed by atoms with van der Waals surface area (Å²) in [7, 11) is 0. The maximum atomic E-state index is 14.1. The molecular formula is C16H10FNO3. The van der Waals surface area contributed by atoms with Crippen LogP contribution in [0, 0.1) is 5.82 Å². The zero-order chi connectivity index (χ0) is 15.1. The molecule has 1 heterocycles. The van der Waals surface area contributed by atoms with E-state index in [4.69, 9.17) is 5.11 Å². The van der Waals surface area contributed by atoms with E-state index in [0.717, 1.165) is 11.0 Å². The number of carbonyl (C=O) groups is 2. The Bertz CT molecular complexity index is 763. The minimum Gasteiger partial charge on any atom is -0.478 e. The van der Waals surface area contributed by atoms with Crippen LogP contribution in [0.5, 0.6) is 0 Å². The lowest BCUT2D eigenvalue weighted by atomic mass is 10.1. The molecule has 0 atom stereocenters. The van der Waals surface area contributed by atoms with Crippen LogP contribution < -0.4 is 4.90 Å². The van der Waals surface area contributed by atoms with E-state index in [-0.39, 0.29) is 17.2 Å². The highest BCUT2D eigenvalue weighted by atomic mass is 19.1. The predicted molar refractivity (Wildman–Crippen MR) is 75.6 cm³/mol. The lowest BCUT2D eigenvalue weighted by molar-refractivity contribution is 0.0696. The summed E-state index contributed by atoms with van der Waals surface area (Å²) < 4.78 is 14.1. The maximum Gasteiger partial charge on any atom is 0.335 e. The SMILES string of the molecule is C=C1c2ccccc2C(=O)N1c1ccc(C(=O)O)cc1F. The van der Waals surface area contributed by atoms with Crippen LogP contribution in [0.15, 0.2) is 49.0 Å². The predicted octanol–water partition coefficient (Wildman–Crippen LogP) is 3.16. The van der Waals surface area contributed by atoms with Crippen molar-refractivity contribution in [1.29, 1.82) is 0 Å². The minimum absolute atomic E-state index is 0.00815. The molecule has 1 aliphatic heterocycles. The van der Waals surface area contributed by atoms with Crippen LogP contribution in [-0.4, -0.2) is 17.0 Å². The van der Waals surface area contributed by atoms with Crippen LogP contribution in [-0.2, 0) is 0 Å². The third-order valence-corrected chi connectivity index (χ3v) is 3.38. The monoisotopic (exact) mass is 283 g/mol. The van der Waals surface area contributed by atoms with Gasteiger partial charge in [-0.3, -0.25) is 9.69 Å². The van der Waals surface area contributed by atoms with Gasteiger partial charge in [0.1, 0.15) is 5.82 Å². The molecule has 21 heavy (non-hydrogen) atoms. The number of aromatic carboxylic acids is 1. The molecule has 0 saturated carbocycles. The molecule has 2 aromatic rings. The van der Waals surface area contributed by atoms with Gasteiger partial charge in [0.2, 0.25) is 0 Å². The molecule has 1 aliphatic rings. The fourth-order valence-electron chi connectivity index (χ4n) is 2.36. The smallest absolute Gasteiger partial charge is 0.335 e. The molecule has 0 spiro atoms. The van der Waals surface area contributed by atoms with Gasteiger partial charge in [0.25, 0.3) is 5.91 Å². The van der Waals surface area contributed by atoms with Gasteiger partial charge >= 0.3 is 5.97 Å². The van der Waals surface area contributed by atoms with E-state index in [1.165, 1.54) is 12.1 Å². The number of nitrogens with zero attached hydrogens (tertiary/aromatic N) is 1. The van der Waals surface area contributed by atoms with Crippen molar-refractivity contribution in [2.75, 3.05) is 4.90 Å². The standard InChI is InChI=1S/C16H10FNO3/c1-9-11-4-2-3-5-12(11)15(19)18(9)14-7-6-10(16(20)21)8-13(14)17/h2-8H,1H2,(H,20,21). The van der Waals surface area contributed by atoms with E-state index in [1.807, 2.05) is 0 Å². The quantitative estimate of drug-likeness (QED) is 0.921. The molecule has 0 aromatic heterocycles. The zero-order valence-electron chi connectivity index (χ0n) is 10.8. The summed E-state index contributed by atoms with van der Waals surface area (Å²) in [6.07, 6.45) is 0. The minimum atomic E-state index is -1.23. The number of fused-ring (bicyclic) bond motifs is 1. The zero-order valence-corrected chi connectivity index (χ0v) is 10.8. The fourth-order valence-corrected chi connectivity index (χ4v) is 2.36. The molecule has 0 bridgehead atoms. The second-order valence-electron chi connectivity index (χ2n) is 4.60. The van der Waals surface area contributed by atoms with Crippen molar-refractivity contribution < 1.29 is 19.1 Å². The molecule has 2 aromatic carbocycles.